The second-order valence-corrected chi connectivity index (χ2v) is 5.91. The third kappa shape index (κ3) is 3.03. The predicted octanol–water partition coefficient (Wildman–Crippen LogP) is 1.57. The van der Waals surface area contributed by atoms with E-state index in [1.165, 1.54) is 5.56 Å². The minimum Gasteiger partial charge on any atom is -0.377 e. The van der Waals surface area contributed by atoms with Crippen LogP contribution >= 0.6 is 0 Å². The van der Waals surface area contributed by atoms with Crippen molar-refractivity contribution in [1.29, 1.82) is 0 Å². The Balaban J connectivity index is 1.76. The summed E-state index contributed by atoms with van der Waals surface area (Å²) < 4.78 is 7.41. The molecule has 2 aromatic rings. The maximum absolute atomic E-state index is 5.21. The summed E-state index contributed by atoms with van der Waals surface area (Å²) in [5.41, 5.74) is 2.41. The van der Waals surface area contributed by atoms with Gasteiger partial charge in [-0.15, -0.1) is 10.2 Å². The number of hydrogen-bond donors (Lipinski definition) is 0. The van der Waals surface area contributed by atoms with Gasteiger partial charge in [0.15, 0.2) is 5.82 Å². The third-order valence-electron chi connectivity index (χ3n) is 4.36. The van der Waals surface area contributed by atoms with E-state index >= 15 is 0 Å². The zero-order valence-corrected chi connectivity index (χ0v) is 13.5. The highest BCUT2D eigenvalue weighted by Crippen LogP contribution is 2.18. The molecule has 1 atom stereocenters. The number of nitrogens with zero attached hydrogens (tertiary/aromatic N) is 5. The van der Waals surface area contributed by atoms with Gasteiger partial charge < -0.3 is 9.30 Å². The van der Waals surface area contributed by atoms with Crippen molar-refractivity contribution < 1.29 is 4.74 Å². The molecule has 0 fully saturated rings. The Hall–Kier alpha value is -1.79. The van der Waals surface area contributed by atoms with E-state index in [4.69, 9.17) is 4.74 Å². The van der Waals surface area contributed by atoms with Gasteiger partial charge in [0.1, 0.15) is 12.4 Å². The SMILES string of the molecule is COCc1nnc2n1CCN(Cc1ncccc1C)[C@@H](C)C2. The van der Waals surface area contributed by atoms with Gasteiger partial charge in [-0.25, -0.2) is 0 Å². The zero-order valence-electron chi connectivity index (χ0n) is 13.5. The number of fused-ring (bicyclic) bond motifs is 1. The minimum atomic E-state index is 0.419. The van der Waals surface area contributed by atoms with Crippen LogP contribution in [0.4, 0.5) is 0 Å². The highest BCUT2D eigenvalue weighted by Gasteiger charge is 2.24. The molecule has 3 heterocycles. The Morgan fingerprint density at radius 1 is 1.32 bits per heavy atom. The summed E-state index contributed by atoms with van der Waals surface area (Å²) in [6.45, 7) is 7.64. The fourth-order valence-electron chi connectivity index (χ4n) is 2.97. The average Bonchev–Trinajstić information content (AvgIpc) is 2.80. The quantitative estimate of drug-likeness (QED) is 0.858. The Kier molecular flexibility index (Phi) is 4.49. The van der Waals surface area contributed by atoms with Crippen molar-refractivity contribution in [3.63, 3.8) is 0 Å². The molecule has 118 valence electrons. The zero-order chi connectivity index (χ0) is 15.5. The molecule has 0 radical (unpaired) electrons. The van der Waals surface area contributed by atoms with E-state index in [2.05, 4.69) is 44.6 Å². The molecule has 1 aliphatic heterocycles. The summed E-state index contributed by atoms with van der Waals surface area (Å²) >= 11 is 0. The molecule has 0 aromatic carbocycles. The maximum atomic E-state index is 5.21. The molecule has 0 spiro atoms. The van der Waals surface area contributed by atoms with Gasteiger partial charge in [0.05, 0.1) is 5.69 Å². The molecular weight excluding hydrogens is 278 g/mol. The molecular formula is C16H23N5O. The van der Waals surface area contributed by atoms with E-state index in [1.54, 1.807) is 7.11 Å². The van der Waals surface area contributed by atoms with Crippen molar-refractivity contribution in [2.45, 2.75) is 46.0 Å². The summed E-state index contributed by atoms with van der Waals surface area (Å²) in [6, 6.07) is 4.53. The van der Waals surface area contributed by atoms with Gasteiger partial charge in [-0.2, -0.15) is 0 Å². The van der Waals surface area contributed by atoms with Gasteiger partial charge in [-0.1, -0.05) is 6.07 Å². The van der Waals surface area contributed by atoms with E-state index in [-0.39, 0.29) is 0 Å². The molecule has 1 aliphatic rings. The molecule has 3 rings (SSSR count). The van der Waals surface area contributed by atoms with Gasteiger partial charge in [0.25, 0.3) is 0 Å². The van der Waals surface area contributed by atoms with Crippen molar-refractivity contribution in [2.24, 2.45) is 0 Å². The predicted molar refractivity (Wildman–Crippen MR) is 83.3 cm³/mol. The fourth-order valence-corrected chi connectivity index (χ4v) is 2.97. The fraction of sp³-hybridized carbons (Fsp3) is 0.562. The molecule has 22 heavy (non-hydrogen) atoms. The van der Waals surface area contributed by atoms with E-state index in [0.717, 1.165) is 43.4 Å². The molecule has 0 N–H and O–H groups in total. The molecule has 6 heteroatoms. The van der Waals surface area contributed by atoms with Crippen molar-refractivity contribution in [2.75, 3.05) is 13.7 Å². The first-order chi connectivity index (χ1) is 10.7. The van der Waals surface area contributed by atoms with Crippen LogP contribution in [0.3, 0.4) is 0 Å². The van der Waals surface area contributed by atoms with Gasteiger partial charge in [-0.05, 0) is 25.5 Å². The largest absolute Gasteiger partial charge is 0.377 e. The summed E-state index contributed by atoms with van der Waals surface area (Å²) in [5, 5.41) is 8.58. The molecule has 0 saturated heterocycles. The van der Waals surface area contributed by atoms with Gasteiger partial charge >= 0.3 is 0 Å². The first-order valence-corrected chi connectivity index (χ1v) is 7.73. The van der Waals surface area contributed by atoms with Crippen LogP contribution in [-0.2, 0) is 30.9 Å². The van der Waals surface area contributed by atoms with Crippen molar-refractivity contribution in [1.82, 2.24) is 24.6 Å². The summed E-state index contributed by atoms with van der Waals surface area (Å²) in [4.78, 5) is 7.00. The van der Waals surface area contributed by atoms with E-state index in [1.807, 2.05) is 12.3 Å². The number of ether oxygens (including phenoxy) is 1. The van der Waals surface area contributed by atoms with E-state index in [9.17, 15) is 0 Å². The average molecular weight is 301 g/mol. The summed E-state index contributed by atoms with van der Waals surface area (Å²) in [6.07, 6.45) is 2.78. The van der Waals surface area contributed by atoms with Gasteiger partial charge in [0.2, 0.25) is 0 Å². The van der Waals surface area contributed by atoms with Crippen molar-refractivity contribution in [3.8, 4) is 0 Å². The van der Waals surface area contributed by atoms with Crippen molar-refractivity contribution >= 4 is 0 Å². The van der Waals surface area contributed by atoms with Crippen LogP contribution in [0.25, 0.3) is 0 Å². The monoisotopic (exact) mass is 301 g/mol. The Labute approximate surface area is 131 Å². The third-order valence-corrected chi connectivity index (χ3v) is 4.36. The second-order valence-electron chi connectivity index (χ2n) is 5.91. The highest BCUT2D eigenvalue weighted by molar-refractivity contribution is 5.17. The van der Waals surface area contributed by atoms with Gasteiger partial charge in [0, 0.05) is 45.4 Å². The molecule has 0 aliphatic carbocycles. The summed E-state index contributed by atoms with van der Waals surface area (Å²) in [7, 11) is 1.69. The normalized spacial score (nSPS) is 19.0. The number of methoxy groups -OCH3 is 1. The van der Waals surface area contributed by atoms with Crippen LogP contribution in [0, 0.1) is 6.92 Å². The topological polar surface area (TPSA) is 56.1 Å². The van der Waals surface area contributed by atoms with Crippen LogP contribution < -0.4 is 0 Å². The molecule has 0 amide bonds. The molecule has 0 bridgehead atoms. The lowest BCUT2D eigenvalue weighted by atomic mass is 10.1. The number of aryl methyl sites for hydroxylation is 1. The number of rotatable bonds is 4. The molecule has 0 saturated carbocycles. The van der Waals surface area contributed by atoms with Crippen LogP contribution in [0.15, 0.2) is 18.3 Å². The molecule has 0 unspecified atom stereocenters. The summed E-state index contributed by atoms with van der Waals surface area (Å²) in [5.74, 6) is 1.97. The van der Waals surface area contributed by atoms with Gasteiger partial charge in [-0.3, -0.25) is 9.88 Å². The molecule has 6 nitrogen and oxygen atoms in total. The highest BCUT2D eigenvalue weighted by atomic mass is 16.5. The standard InChI is InChI=1S/C16H23N5O/c1-12-5-4-6-17-14(12)10-20-7-8-21-15(9-13(20)2)18-19-16(21)11-22-3/h4-6,13H,7-11H2,1-3H3/t13-/m0/s1. The van der Waals surface area contributed by atoms with Crippen LogP contribution in [0.1, 0.15) is 29.8 Å². The lowest BCUT2D eigenvalue weighted by molar-refractivity contribution is 0.170. The minimum absolute atomic E-state index is 0.419. The first kappa shape index (κ1) is 15.1. The van der Waals surface area contributed by atoms with E-state index in [0.29, 0.717) is 12.6 Å². The van der Waals surface area contributed by atoms with Crippen molar-refractivity contribution in [3.05, 3.63) is 41.2 Å². The number of pyridine rings is 1. The second kappa shape index (κ2) is 6.54. The number of hydrogen-bond acceptors (Lipinski definition) is 5. The smallest absolute Gasteiger partial charge is 0.159 e. The van der Waals surface area contributed by atoms with Crippen LogP contribution in [-0.4, -0.2) is 44.3 Å². The molecule has 2 aromatic heterocycles. The Morgan fingerprint density at radius 3 is 2.95 bits per heavy atom. The Morgan fingerprint density at radius 2 is 2.18 bits per heavy atom. The van der Waals surface area contributed by atoms with Crippen LogP contribution in [0.2, 0.25) is 0 Å². The first-order valence-electron chi connectivity index (χ1n) is 7.73. The lowest BCUT2D eigenvalue weighted by Crippen LogP contribution is -2.34. The lowest BCUT2D eigenvalue weighted by Gasteiger charge is -2.26. The van der Waals surface area contributed by atoms with E-state index < -0.39 is 0 Å². The van der Waals surface area contributed by atoms with Crippen LogP contribution in [0.5, 0.6) is 0 Å². The Bertz CT molecular complexity index is 639. The number of aromatic nitrogens is 4. The maximum Gasteiger partial charge on any atom is 0.159 e.